The molecule has 11 heteroatoms. The van der Waals surface area contributed by atoms with E-state index in [0.29, 0.717) is 92.2 Å². The molecule has 0 spiro atoms. The molecule has 0 radical (unpaired) electrons. The molecule has 0 saturated carbocycles. The minimum absolute atomic E-state index is 0.00500. The summed E-state index contributed by atoms with van der Waals surface area (Å²) in [6.07, 6.45) is 0.254. The Kier molecular flexibility index (Phi) is 16.5. The van der Waals surface area contributed by atoms with Crippen LogP contribution in [0.15, 0.2) is 48.5 Å². The zero-order chi connectivity index (χ0) is 29.7. The quantitative estimate of drug-likeness (QED) is 0.176. The standard InChI is InChI=1S/C31H43NO10/c33-30(34)10-13-37-15-17-39-19-21-41-23-22-40-20-18-38-16-14-36-12-5-11-32-31(35)42-24-29-27-8-3-1-6-25(27)26-7-2-4-9-28(26)29/h1-4,6-9,29H,5,10-24H2,(H,32,35)(H,33,34). The Bertz CT molecular complexity index is 1000. The zero-order valence-corrected chi connectivity index (χ0v) is 24.1. The summed E-state index contributed by atoms with van der Waals surface area (Å²) in [5, 5.41) is 11.3. The lowest BCUT2D eigenvalue weighted by molar-refractivity contribution is -0.138. The van der Waals surface area contributed by atoms with E-state index in [1.54, 1.807) is 0 Å². The van der Waals surface area contributed by atoms with Gasteiger partial charge in [0.25, 0.3) is 0 Å². The van der Waals surface area contributed by atoms with Crippen molar-refractivity contribution in [2.45, 2.75) is 18.8 Å². The molecule has 1 amide bonds. The molecule has 11 nitrogen and oxygen atoms in total. The molecule has 0 aromatic heterocycles. The lowest BCUT2D eigenvalue weighted by Crippen LogP contribution is -2.27. The monoisotopic (exact) mass is 589 g/mol. The van der Waals surface area contributed by atoms with Crippen LogP contribution in [-0.4, -0.2) is 110 Å². The number of aliphatic carboxylic acids is 1. The first kappa shape index (κ1) is 33.4. The van der Waals surface area contributed by atoms with Gasteiger partial charge in [-0.2, -0.15) is 0 Å². The molecule has 0 unspecified atom stereocenters. The highest BCUT2D eigenvalue weighted by atomic mass is 16.6. The van der Waals surface area contributed by atoms with Crippen LogP contribution in [0.1, 0.15) is 29.9 Å². The lowest BCUT2D eigenvalue weighted by Gasteiger charge is -2.14. The van der Waals surface area contributed by atoms with E-state index in [4.69, 9.17) is 38.3 Å². The van der Waals surface area contributed by atoms with E-state index in [1.165, 1.54) is 22.3 Å². The first-order valence-electron chi connectivity index (χ1n) is 14.4. The number of carbonyl (C=O) groups excluding carboxylic acids is 1. The van der Waals surface area contributed by atoms with Gasteiger partial charge in [0.1, 0.15) is 6.61 Å². The SMILES string of the molecule is O=C(O)CCOCCOCCOCCOCCOCCOCCCNC(=O)OCC1c2ccccc2-c2ccccc21. The first-order chi connectivity index (χ1) is 20.7. The fourth-order valence-electron chi connectivity index (χ4n) is 4.38. The molecule has 1 aliphatic rings. The van der Waals surface area contributed by atoms with Gasteiger partial charge < -0.3 is 43.6 Å². The molecule has 3 rings (SSSR count). The summed E-state index contributed by atoms with van der Waals surface area (Å²) in [6, 6.07) is 16.5. The number of alkyl carbamates (subject to hydrolysis) is 1. The number of carboxylic acids is 1. The van der Waals surface area contributed by atoms with Crippen molar-refractivity contribution in [3.63, 3.8) is 0 Å². The summed E-state index contributed by atoms with van der Waals surface area (Å²) in [6.45, 7) is 5.95. The number of nitrogens with one attached hydrogen (secondary N) is 1. The van der Waals surface area contributed by atoms with Crippen molar-refractivity contribution in [3.8, 4) is 11.1 Å². The number of rotatable bonds is 24. The smallest absolute Gasteiger partial charge is 0.407 e. The van der Waals surface area contributed by atoms with Crippen molar-refractivity contribution >= 4 is 12.1 Å². The van der Waals surface area contributed by atoms with Crippen LogP contribution in [0.25, 0.3) is 11.1 Å². The molecule has 2 aromatic rings. The molecule has 1 aliphatic carbocycles. The van der Waals surface area contributed by atoms with Crippen molar-refractivity contribution in [1.82, 2.24) is 5.32 Å². The predicted molar refractivity (Wildman–Crippen MR) is 155 cm³/mol. The first-order valence-corrected chi connectivity index (χ1v) is 14.4. The highest BCUT2D eigenvalue weighted by Crippen LogP contribution is 2.44. The second kappa shape index (κ2) is 20.8. The van der Waals surface area contributed by atoms with Crippen molar-refractivity contribution in [3.05, 3.63) is 59.7 Å². The average molecular weight is 590 g/mol. The van der Waals surface area contributed by atoms with Crippen LogP contribution in [0.2, 0.25) is 0 Å². The van der Waals surface area contributed by atoms with Gasteiger partial charge in [-0.25, -0.2) is 4.79 Å². The number of hydrogen-bond donors (Lipinski definition) is 2. The molecule has 232 valence electrons. The molecular formula is C31H43NO10. The van der Waals surface area contributed by atoms with Gasteiger partial charge in [-0.15, -0.1) is 0 Å². The van der Waals surface area contributed by atoms with Gasteiger partial charge in [0, 0.05) is 19.1 Å². The fraction of sp³-hybridized carbons (Fsp3) is 0.548. The molecule has 2 N–H and O–H groups in total. The second-order valence-corrected chi connectivity index (χ2v) is 9.42. The molecule has 0 fully saturated rings. The third kappa shape index (κ3) is 12.8. The Morgan fingerprint density at radius 2 is 1.05 bits per heavy atom. The molecule has 0 atom stereocenters. The molecule has 0 aliphatic heterocycles. The topological polar surface area (TPSA) is 131 Å². The number of fused-ring (bicyclic) bond motifs is 3. The van der Waals surface area contributed by atoms with Crippen LogP contribution >= 0.6 is 0 Å². The predicted octanol–water partition coefficient (Wildman–Crippen LogP) is 3.49. The molecule has 0 saturated heterocycles. The second-order valence-electron chi connectivity index (χ2n) is 9.42. The van der Waals surface area contributed by atoms with Crippen LogP contribution in [-0.2, 0) is 38.0 Å². The Labute approximate surface area is 247 Å². The zero-order valence-electron chi connectivity index (χ0n) is 24.1. The Morgan fingerprint density at radius 3 is 1.52 bits per heavy atom. The molecule has 0 heterocycles. The summed E-state index contributed by atoms with van der Waals surface area (Å²) in [7, 11) is 0. The lowest BCUT2D eigenvalue weighted by atomic mass is 9.98. The Balaban J connectivity index is 1.05. The van der Waals surface area contributed by atoms with E-state index < -0.39 is 12.1 Å². The summed E-state index contributed by atoms with van der Waals surface area (Å²) in [5.74, 6) is -0.828. The van der Waals surface area contributed by atoms with Gasteiger partial charge in [0.15, 0.2) is 0 Å². The minimum Gasteiger partial charge on any atom is -0.481 e. The van der Waals surface area contributed by atoms with E-state index in [9.17, 15) is 9.59 Å². The maximum absolute atomic E-state index is 12.2. The van der Waals surface area contributed by atoms with Gasteiger partial charge in [0.05, 0.1) is 79.1 Å². The Hall–Kier alpha value is -3.06. The summed E-state index contributed by atoms with van der Waals surface area (Å²) in [5.41, 5.74) is 4.79. The number of benzene rings is 2. The molecular weight excluding hydrogens is 546 g/mol. The largest absolute Gasteiger partial charge is 0.481 e. The third-order valence-corrected chi connectivity index (χ3v) is 6.40. The van der Waals surface area contributed by atoms with Crippen LogP contribution in [0.5, 0.6) is 0 Å². The molecule has 42 heavy (non-hydrogen) atoms. The number of hydrogen-bond acceptors (Lipinski definition) is 9. The van der Waals surface area contributed by atoms with E-state index in [1.807, 2.05) is 24.3 Å². The summed E-state index contributed by atoms with van der Waals surface area (Å²) < 4.78 is 37.8. The normalized spacial score (nSPS) is 12.2. The van der Waals surface area contributed by atoms with Crippen molar-refractivity contribution < 1.29 is 47.9 Å². The third-order valence-electron chi connectivity index (χ3n) is 6.40. The van der Waals surface area contributed by atoms with Crippen LogP contribution in [0, 0.1) is 0 Å². The maximum atomic E-state index is 12.2. The van der Waals surface area contributed by atoms with Gasteiger partial charge in [-0.3, -0.25) is 4.79 Å². The van der Waals surface area contributed by atoms with Gasteiger partial charge in [-0.1, -0.05) is 48.5 Å². The van der Waals surface area contributed by atoms with Crippen LogP contribution < -0.4 is 5.32 Å². The average Bonchev–Trinajstić information content (AvgIpc) is 3.32. The summed E-state index contributed by atoms with van der Waals surface area (Å²) >= 11 is 0. The van der Waals surface area contributed by atoms with Crippen LogP contribution in [0.4, 0.5) is 4.79 Å². The summed E-state index contributed by atoms with van der Waals surface area (Å²) in [4.78, 5) is 22.5. The minimum atomic E-state index is -0.876. The Morgan fingerprint density at radius 1 is 0.619 bits per heavy atom. The maximum Gasteiger partial charge on any atom is 0.407 e. The van der Waals surface area contributed by atoms with E-state index in [-0.39, 0.29) is 18.9 Å². The van der Waals surface area contributed by atoms with Crippen molar-refractivity contribution in [2.24, 2.45) is 0 Å². The van der Waals surface area contributed by atoms with E-state index in [0.717, 1.165) is 0 Å². The number of carbonyl (C=O) groups is 2. The van der Waals surface area contributed by atoms with E-state index >= 15 is 0 Å². The highest BCUT2D eigenvalue weighted by molar-refractivity contribution is 5.79. The van der Waals surface area contributed by atoms with Gasteiger partial charge >= 0.3 is 12.1 Å². The van der Waals surface area contributed by atoms with Crippen molar-refractivity contribution in [2.75, 3.05) is 92.4 Å². The van der Waals surface area contributed by atoms with E-state index in [2.05, 4.69) is 29.6 Å². The molecule has 0 bridgehead atoms. The van der Waals surface area contributed by atoms with Gasteiger partial charge in [-0.05, 0) is 28.7 Å². The number of carboxylic acid groups (broad SMARTS) is 1. The molecule has 2 aromatic carbocycles. The fourth-order valence-corrected chi connectivity index (χ4v) is 4.38. The number of amides is 1. The van der Waals surface area contributed by atoms with Crippen LogP contribution in [0.3, 0.4) is 0 Å². The van der Waals surface area contributed by atoms with Gasteiger partial charge in [0.2, 0.25) is 0 Å². The highest BCUT2D eigenvalue weighted by Gasteiger charge is 2.28. The number of ether oxygens (including phenoxy) is 7. The van der Waals surface area contributed by atoms with Crippen molar-refractivity contribution in [1.29, 1.82) is 0 Å².